The summed E-state index contributed by atoms with van der Waals surface area (Å²) in [6.45, 7) is 4.43. The van der Waals surface area contributed by atoms with Crippen molar-refractivity contribution in [2.24, 2.45) is 0 Å². The highest BCUT2D eigenvalue weighted by Crippen LogP contribution is 2.26. The minimum absolute atomic E-state index is 0.112. The molecule has 0 aliphatic carbocycles. The summed E-state index contributed by atoms with van der Waals surface area (Å²) in [5, 5.41) is 0.541. The predicted octanol–water partition coefficient (Wildman–Crippen LogP) is 6.90. The lowest BCUT2D eigenvalue weighted by Gasteiger charge is -2.31. The molecule has 0 radical (unpaired) electrons. The molecule has 5 nitrogen and oxygen atoms in total. The third-order valence-corrected chi connectivity index (χ3v) is 7.30. The smallest absolute Gasteiger partial charge is 0.266 e. The molecule has 38 heavy (non-hydrogen) atoms. The van der Waals surface area contributed by atoms with Gasteiger partial charge in [-0.1, -0.05) is 76.1 Å². The van der Waals surface area contributed by atoms with E-state index in [9.17, 15) is 9.59 Å². The molecule has 0 aliphatic rings. The number of rotatable bonds is 7. The molecule has 1 amide bonds. The monoisotopic (exact) mass is 565 g/mol. The number of hydrogen-bond donors (Lipinski definition) is 0. The molecule has 0 N–H and O–H groups in total. The van der Waals surface area contributed by atoms with E-state index in [1.807, 2.05) is 104 Å². The molecular formula is C32H28BrN3O2. The van der Waals surface area contributed by atoms with E-state index < -0.39 is 6.04 Å². The van der Waals surface area contributed by atoms with Crippen LogP contribution in [0, 0.1) is 6.92 Å². The van der Waals surface area contributed by atoms with Crippen LogP contribution in [-0.4, -0.2) is 26.9 Å². The maximum absolute atomic E-state index is 13.9. The molecule has 0 fully saturated rings. The number of carbonyl (C=O) groups excluding carboxylic acids is 1. The van der Waals surface area contributed by atoms with Gasteiger partial charge in [0.2, 0.25) is 0 Å². The fourth-order valence-corrected chi connectivity index (χ4v) is 4.90. The number of amides is 1. The van der Waals surface area contributed by atoms with Crippen LogP contribution in [0.5, 0.6) is 0 Å². The van der Waals surface area contributed by atoms with E-state index in [1.165, 1.54) is 0 Å². The van der Waals surface area contributed by atoms with Gasteiger partial charge in [-0.25, -0.2) is 4.98 Å². The number of aromatic nitrogens is 2. The van der Waals surface area contributed by atoms with Crippen molar-refractivity contribution < 1.29 is 4.79 Å². The molecule has 0 bridgehead atoms. The van der Waals surface area contributed by atoms with Gasteiger partial charge in [-0.15, -0.1) is 0 Å². The molecule has 0 spiro atoms. The molecule has 5 rings (SSSR count). The predicted molar refractivity (Wildman–Crippen MR) is 156 cm³/mol. The van der Waals surface area contributed by atoms with E-state index >= 15 is 0 Å². The molecule has 6 heteroatoms. The number of aryl methyl sites for hydroxylation is 1. The SMILES string of the molecule is Cc1ccc(-n2c(C(C)N(CCc3ccccc3)C(=O)c3ccc(Br)cc3)nc3ccccc3c2=O)cc1. The molecule has 1 atom stereocenters. The fraction of sp³-hybridized carbons (Fsp3) is 0.156. The zero-order valence-electron chi connectivity index (χ0n) is 21.3. The first-order chi connectivity index (χ1) is 18.4. The lowest BCUT2D eigenvalue weighted by Crippen LogP contribution is -2.38. The van der Waals surface area contributed by atoms with Crippen LogP contribution in [0.25, 0.3) is 16.6 Å². The van der Waals surface area contributed by atoms with Crippen molar-refractivity contribution >= 4 is 32.7 Å². The van der Waals surface area contributed by atoms with Gasteiger partial charge in [-0.3, -0.25) is 14.2 Å². The molecule has 1 aromatic heterocycles. The lowest BCUT2D eigenvalue weighted by molar-refractivity contribution is 0.0683. The molecule has 0 saturated carbocycles. The highest BCUT2D eigenvalue weighted by Gasteiger charge is 2.27. The van der Waals surface area contributed by atoms with E-state index in [1.54, 1.807) is 10.6 Å². The Morgan fingerprint density at radius 1 is 0.895 bits per heavy atom. The van der Waals surface area contributed by atoms with E-state index in [4.69, 9.17) is 4.98 Å². The largest absolute Gasteiger partial charge is 0.328 e. The third-order valence-electron chi connectivity index (χ3n) is 6.77. The first-order valence-electron chi connectivity index (χ1n) is 12.6. The standard InChI is InChI=1S/C32H28BrN3O2/c1-22-12-18-27(19-13-22)36-30(34-29-11-7-6-10-28(29)32(36)38)23(2)35(21-20-24-8-4-3-5-9-24)31(37)25-14-16-26(33)17-15-25/h3-19,23H,20-21H2,1-2H3. The van der Waals surface area contributed by atoms with Gasteiger partial charge in [0.1, 0.15) is 5.82 Å². The van der Waals surface area contributed by atoms with Crippen molar-refractivity contribution in [1.29, 1.82) is 0 Å². The van der Waals surface area contributed by atoms with Crippen LogP contribution < -0.4 is 5.56 Å². The number of hydrogen-bond acceptors (Lipinski definition) is 3. The van der Waals surface area contributed by atoms with Crippen molar-refractivity contribution in [3.63, 3.8) is 0 Å². The van der Waals surface area contributed by atoms with Crippen molar-refractivity contribution in [1.82, 2.24) is 14.5 Å². The summed E-state index contributed by atoms with van der Waals surface area (Å²) in [4.78, 5) is 34.5. The summed E-state index contributed by atoms with van der Waals surface area (Å²) in [5.74, 6) is 0.412. The Hall–Kier alpha value is -4.03. The van der Waals surface area contributed by atoms with Crippen LogP contribution >= 0.6 is 15.9 Å². The molecule has 5 aromatic rings. The van der Waals surface area contributed by atoms with Gasteiger partial charge in [0, 0.05) is 16.6 Å². The van der Waals surface area contributed by atoms with E-state index in [2.05, 4.69) is 28.1 Å². The van der Waals surface area contributed by atoms with Gasteiger partial charge in [0.05, 0.1) is 22.6 Å². The number of para-hydroxylation sites is 1. The Morgan fingerprint density at radius 3 is 2.26 bits per heavy atom. The summed E-state index contributed by atoms with van der Waals surface area (Å²) >= 11 is 3.46. The molecule has 0 aliphatic heterocycles. The summed E-state index contributed by atoms with van der Waals surface area (Å²) in [5.41, 5.74) is 4.00. The topological polar surface area (TPSA) is 55.2 Å². The fourth-order valence-electron chi connectivity index (χ4n) is 4.64. The molecule has 1 unspecified atom stereocenters. The quantitative estimate of drug-likeness (QED) is 0.215. The Bertz CT molecular complexity index is 1630. The van der Waals surface area contributed by atoms with Crippen LogP contribution in [0.3, 0.4) is 0 Å². The van der Waals surface area contributed by atoms with Gasteiger partial charge in [0.15, 0.2) is 0 Å². The van der Waals surface area contributed by atoms with Crippen LogP contribution in [-0.2, 0) is 6.42 Å². The van der Waals surface area contributed by atoms with Gasteiger partial charge < -0.3 is 4.90 Å². The van der Waals surface area contributed by atoms with Crippen LogP contribution in [0.1, 0.15) is 40.3 Å². The Labute approximate surface area is 230 Å². The zero-order valence-corrected chi connectivity index (χ0v) is 22.9. The number of fused-ring (bicyclic) bond motifs is 1. The molecule has 4 aromatic carbocycles. The van der Waals surface area contributed by atoms with Crippen LogP contribution in [0.4, 0.5) is 0 Å². The Balaban J connectivity index is 1.64. The number of nitrogens with zero attached hydrogens (tertiary/aromatic N) is 3. The Kier molecular flexibility index (Phi) is 7.52. The zero-order chi connectivity index (χ0) is 26.6. The maximum atomic E-state index is 13.9. The third kappa shape index (κ3) is 5.31. The summed E-state index contributed by atoms with van der Waals surface area (Å²) in [6, 6.07) is 32.1. The second-order valence-corrected chi connectivity index (χ2v) is 10.3. The van der Waals surface area contributed by atoms with Gasteiger partial charge >= 0.3 is 0 Å². The van der Waals surface area contributed by atoms with Crippen molar-refractivity contribution in [3.05, 3.63) is 140 Å². The highest BCUT2D eigenvalue weighted by atomic mass is 79.9. The van der Waals surface area contributed by atoms with Gasteiger partial charge in [-0.2, -0.15) is 0 Å². The summed E-state index contributed by atoms with van der Waals surface area (Å²) in [7, 11) is 0. The number of halogens is 1. The number of benzene rings is 4. The average molecular weight is 566 g/mol. The van der Waals surface area contributed by atoms with Gasteiger partial charge in [0.25, 0.3) is 11.5 Å². The normalized spacial score (nSPS) is 11.9. The molecule has 1 heterocycles. The van der Waals surface area contributed by atoms with E-state index in [0.717, 1.165) is 21.3 Å². The van der Waals surface area contributed by atoms with Crippen LogP contribution in [0.15, 0.2) is 112 Å². The molecular weight excluding hydrogens is 538 g/mol. The Morgan fingerprint density at radius 2 is 1.55 bits per heavy atom. The van der Waals surface area contributed by atoms with E-state index in [-0.39, 0.29) is 11.5 Å². The summed E-state index contributed by atoms with van der Waals surface area (Å²) in [6.07, 6.45) is 0.676. The second-order valence-electron chi connectivity index (χ2n) is 9.38. The first-order valence-corrected chi connectivity index (χ1v) is 13.4. The highest BCUT2D eigenvalue weighted by molar-refractivity contribution is 9.10. The molecule has 190 valence electrons. The average Bonchev–Trinajstić information content (AvgIpc) is 2.94. The van der Waals surface area contributed by atoms with Crippen LogP contribution in [0.2, 0.25) is 0 Å². The maximum Gasteiger partial charge on any atom is 0.266 e. The first kappa shape index (κ1) is 25.6. The summed E-state index contributed by atoms with van der Waals surface area (Å²) < 4.78 is 2.55. The van der Waals surface area contributed by atoms with Gasteiger partial charge in [-0.05, 0) is 74.4 Å². The minimum Gasteiger partial charge on any atom is -0.328 e. The second kappa shape index (κ2) is 11.2. The van der Waals surface area contributed by atoms with E-state index in [0.29, 0.717) is 35.3 Å². The lowest BCUT2D eigenvalue weighted by atomic mass is 10.1. The van der Waals surface area contributed by atoms with Crippen molar-refractivity contribution in [3.8, 4) is 5.69 Å². The number of carbonyl (C=O) groups is 1. The van der Waals surface area contributed by atoms with Crippen molar-refractivity contribution in [2.75, 3.05) is 6.54 Å². The molecule has 0 saturated heterocycles. The minimum atomic E-state index is -0.478. The van der Waals surface area contributed by atoms with Crippen molar-refractivity contribution in [2.45, 2.75) is 26.3 Å².